The normalized spacial score (nSPS) is 11.3. The van der Waals surface area contributed by atoms with Crippen molar-refractivity contribution in [2.45, 2.75) is 0 Å². The van der Waals surface area contributed by atoms with Crippen LogP contribution in [-0.4, -0.2) is 9.97 Å². The monoisotopic (exact) mass is 768 g/mol. The van der Waals surface area contributed by atoms with Gasteiger partial charge < -0.3 is 9.80 Å². The van der Waals surface area contributed by atoms with Crippen LogP contribution in [0.15, 0.2) is 231 Å². The highest BCUT2D eigenvalue weighted by Crippen LogP contribution is 2.43. The molecule has 2 aromatic heterocycles. The molecule has 0 saturated carbocycles. The molecule has 4 nitrogen and oxygen atoms in total. The lowest BCUT2D eigenvalue weighted by Crippen LogP contribution is -2.10. The molecule has 0 amide bonds. The molecular formula is C56H40N4. The fourth-order valence-electron chi connectivity index (χ4n) is 8.07. The van der Waals surface area contributed by atoms with Gasteiger partial charge in [0, 0.05) is 57.0 Å². The van der Waals surface area contributed by atoms with Crippen LogP contribution in [0.25, 0.3) is 56.2 Å². The number of aromatic nitrogens is 2. The zero-order chi connectivity index (χ0) is 40.1. The standard InChI is InChI=1S/C56H40N4/c1-5-15-45(16-6-1)59(46-17-7-2-8-18-46)53-37-35-49(55-51(53)23-13-39-57-55)43-31-27-41(28-32-43)25-26-42-29-33-44(34-30-42)50-36-38-54(52-24-14-40-58-56(50)52)60(47-19-9-3-10-20-47)48-21-11-4-12-22-48/h1-40H/b26-25+. The molecule has 4 heteroatoms. The molecule has 10 aromatic rings. The maximum absolute atomic E-state index is 4.92. The quantitative estimate of drug-likeness (QED) is 0.130. The molecule has 0 radical (unpaired) electrons. The second-order valence-corrected chi connectivity index (χ2v) is 14.7. The van der Waals surface area contributed by atoms with Crippen molar-refractivity contribution in [1.29, 1.82) is 0 Å². The minimum Gasteiger partial charge on any atom is -0.310 e. The van der Waals surface area contributed by atoms with Gasteiger partial charge in [0.1, 0.15) is 0 Å². The number of benzene rings is 8. The molecule has 0 fully saturated rings. The van der Waals surface area contributed by atoms with E-state index in [4.69, 9.17) is 9.97 Å². The predicted molar refractivity (Wildman–Crippen MR) is 253 cm³/mol. The van der Waals surface area contributed by atoms with Gasteiger partial charge in [-0.15, -0.1) is 0 Å². The lowest BCUT2D eigenvalue weighted by Gasteiger charge is -2.27. The molecule has 0 N–H and O–H groups in total. The Morgan fingerprint density at radius 1 is 0.300 bits per heavy atom. The van der Waals surface area contributed by atoms with E-state index in [1.165, 1.54) is 0 Å². The average molecular weight is 769 g/mol. The number of rotatable bonds is 10. The van der Waals surface area contributed by atoms with Gasteiger partial charge in [-0.2, -0.15) is 0 Å². The number of hydrogen-bond donors (Lipinski definition) is 0. The fraction of sp³-hybridized carbons (Fsp3) is 0. The summed E-state index contributed by atoms with van der Waals surface area (Å²) in [7, 11) is 0. The molecule has 60 heavy (non-hydrogen) atoms. The van der Waals surface area contributed by atoms with Gasteiger partial charge in [0.15, 0.2) is 0 Å². The molecule has 0 aliphatic heterocycles. The van der Waals surface area contributed by atoms with Crippen LogP contribution >= 0.6 is 0 Å². The van der Waals surface area contributed by atoms with E-state index in [9.17, 15) is 0 Å². The summed E-state index contributed by atoms with van der Waals surface area (Å²) in [5.74, 6) is 0. The number of pyridine rings is 2. The highest BCUT2D eigenvalue weighted by molar-refractivity contribution is 6.05. The van der Waals surface area contributed by atoms with Crippen LogP contribution in [0.4, 0.5) is 34.1 Å². The Morgan fingerprint density at radius 2 is 0.633 bits per heavy atom. The first kappa shape index (κ1) is 36.3. The highest BCUT2D eigenvalue weighted by atomic mass is 15.1. The maximum atomic E-state index is 4.92. The van der Waals surface area contributed by atoms with Crippen molar-refractivity contribution in [3.05, 3.63) is 242 Å². The van der Waals surface area contributed by atoms with E-state index < -0.39 is 0 Å². The van der Waals surface area contributed by atoms with Crippen LogP contribution in [0, 0.1) is 0 Å². The number of hydrogen-bond acceptors (Lipinski definition) is 4. The molecule has 0 aliphatic rings. The van der Waals surface area contributed by atoms with Crippen LogP contribution in [-0.2, 0) is 0 Å². The predicted octanol–water partition coefficient (Wildman–Crippen LogP) is 15.2. The zero-order valence-corrected chi connectivity index (χ0v) is 32.9. The number of anilines is 6. The first-order chi connectivity index (χ1) is 29.8. The SMILES string of the molecule is C(=C\c1ccc(-c2ccc(N(c3ccccc3)c3ccccc3)c3cccnc23)cc1)/c1ccc(-c2ccc(N(c3ccccc3)c3ccccc3)c3cccnc23)cc1. The van der Waals surface area contributed by atoms with E-state index in [0.29, 0.717) is 0 Å². The van der Waals surface area contributed by atoms with Crippen LogP contribution in [0.1, 0.15) is 11.1 Å². The van der Waals surface area contributed by atoms with E-state index in [1.807, 2.05) is 24.5 Å². The number of nitrogens with zero attached hydrogens (tertiary/aromatic N) is 4. The third-order valence-corrected chi connectivity index (χ3v) is 10.9. The largest absolute Gasteiger partial charge is 0.310 e. The lowest BCUT2D eigenvalue weighted by molar-refractivity contribution is 1.29. The Hall–Kier alpha value is -8.08. The van der Waals surface area contributed by atoms with Crippen molar-refractivity contribution in [2.24, 2.45) is 0 Å². The van der Waals surface area contributed by atoms with Gasteiger partial charge in [0.05, 0.1) is 22.4 Å². The van der Waals surface area contributed by atoms with Crippen molar-refractivity contribution in [3.8, 4) is 22.3 Å². The van der Waals surface area contributed by atoms with Gasteiger partial charge in [-0.25, -0.2) is 0 Å². The highest BCUT2D eigenvalue weighted by Gasteiger charge is 2.19. The molecule has 0 aliphatic carbocycles. The molecular weight excluding hydrogens is 729 g/mol. The van der Waals surface area contributed by atoms with Crippen LogP contribution in [0.3, 0.4) is 0 Å². The lowest BCUT2D eigenvalue weighted by atomic mass is 9.98. The molecule has 0 saturated heterocycles. The molecule has 8 aromatic carbocycles. The van der Waals surface area contributed by atoms with Gasteiger partial charge in [-0.3, -0.25) is 9.97 Å². The fourth-order valence-corrected chi connectivity index (χ4v) is 8.07. The van der Waals surface area contributed by atoms with Crippen LogP contribution in [0.5, 0.6) is 0 Å². The average Bonchev–Trinajstić information content (AvgIpc) is 3.33. The molecule has 0 atom stereocenters. The summed E-state index contributed by atoms with van der Waals surface area (Å²) < 4.78 is 0. The van der Waals surface area contributed by atoms with Gasteiger partial charge in [0.25, 0.3) is 0 Å². The molecule has 2 heterocycles. The number of para-hydroxylation sites is 4. The summed E-state index contributed by atoms with van der Waals surface area (Å²) in [4.78, 5) is 14.4. The van der Waals surface area contributed by atoms with Crippen LogP contribution in [0.2, 0.25) is 0 Å². The number of fused-ring (bicyclic) bond motifs is 2. The molecule has 0 bridgehead atoms. The van der Waals surface area contributed by atoms with E-state index in [0.717, 1.165) is 89.3 Å². The van der Waals surface area contributed by atoms with Crippen molar-refractivity contribution in [3.63, 3.8) is 0 Å². The zero-order valence-electron chi connectivity index (χ0n) is 32.9. The first-order valence-corrected chi connectivity index (χ1v) is 20.2. The minimum absolute atomic E-state index is 0.970. The second-order valence-electron chi connectivity index (χ2n) is 14.7. The van der Waals surface area contributed by atoms with Crippen LogP contribution < -0.4 is 9.80 Å². The summed E-state index contributed by atoms with van der Waals surface area (Å²) in [6.45, 7) is 0. The summed E-state index contributed by atoms with van der Waals surface area (Å²) in [6, 6.07) is 76.7. The molecule has 284 valence electrons. The summed E-state index contributed by atoms with van der Waals surface area (Å²) in [5, 5.41) is 2.19. The molecule has 10 rings (SSSR count). The van der Waals surface area contributed by atoms with Gasteiger partial charge in [-0.05, 0) is 107 Å². The van der Waals surface area contributed by atoms with Gasteiger partial charge in [0.2, 0.25) is 0 Å². The van der Waals surface area contributed by atoms with Crippen molar-refractivity contribution in [1.82, 2.24) is 9.97 Å². The Balaban J connectivity index is 0.912. The Kier molecular flexibility index (Phi) is 9.92. The second kappa shape index (κ2) is 16.4. The summed E-state index contributed by atoms with van der Waals surface area (Å²) >= 11 is 0. The smallest absolute Gasteiger partial charge is 0.0801 e. The Labute approximate surface area is 350 Å². The van der Waals surface area contributed by atoms with E-state index in [1.54, 1.807) is 0 Å². The third-order valence-electron chi connectivity index (χ3n) is 10.9. The Morgan fingerprint density at radius 3 is 0.967 bits per heavy atom. The van der Waals surface area contributed by atoms with E-state index in [-0.39, 0.29) is 0 Å². The van der Waals surface area contributed by atoms with Crippen molar-refractivity contribution >= 4 is 68.1 Å². The maximum Gasteiger partial charge on any atom is 0.0801 e. The minimum atomic E-state index is 0.970. The Bertz CT molecular complexity index is 2770. The van der Waals surface area contributed by atoms with Crippen molar-refractivity contribution in [2.75, 3.05) is 9.80 Å². The topological polar surface area (TPSA) is 32.3 Å². The van der Waals surface area contributed by atoms with E-state index >= 15 is 0 Å². The molecule has 0 unspecified atom stereocenters. The summed E-state index contributed by atoms with van der Waals surface area (Å²) in [6.07, 6.45) is 8.10. The third kappa shape index (κ3) is 7.19. The van der Waals surface area contributed by atoms with E-state index in [2.05, 4.69) is 228 Å². The summed E-state index contributed by atoms with van der Waals surface area (Å²) in [5.41, 5.74) is 15.2. The van der Waals surface area contributed by atoms with Crippen molar-refractivity contribution < 1.29 is 0 Å². The first-order valence-electron chi connectivity index (χ1n) is 20.2. The van der Waals surface area contributed by atoms with Gasteiger partial charge in [-0.1, -0.05) is 146 Å². The van der Waals surface area contributed by atoms with Gasteiger partial charge >= 0.3 is 0 Å². The molecule has 0 spiro atoms.